The number of anilines is 1. The third-order valence-corrected chi connectivity index (χ3v) is 5.59. The lowest BCUT2D eigenvalue weighted by Gasteiger charge is -2.38. The number of likely N-dealkylation sites (N-methyl/N-ethyl adjacent to an activating group) is 1. The van der Waals surface area contributed by atoms with Gasteiger partial charge in [0.25, 0.3) is 17.7 Å². The highest BCUT2D eigenvalue weighted by Crippen LogP contribution is 2.21. The molecule has 0 aromatic heterocycles. The Balaban J connectivity index is 2.22. The molecule has 10 heteroatoms. The molecule has 4 N–H and O–H groups in total. The van der Waals surface area contributed by atoms with Crippen LogP contribution in [0.3, 0.4) is 0 Å². The molecule has 1 aromatic rings. The third-order valence-electron chi connectivity index (χ3n) is 5.59. The monoisotopic (exact) mass is 481 g/mol. The molecule has 10 nitrogen and oxygen atoms in total. The SMILES string of the molecule is C=C/C=C(\N)C(=O)Nc1ccccc1C(=O)N1CCN(/C(C(=O)N(C)N=C)=C(\CC)NCC)CC1. The highest BCUT2D eigenvalue weighted by molar-refractivity contribution is 6.08. The molecular weight excluding hydrogens is 446 g/mol. The van der Waals surface area contributed by atoms with Crippen LogP contribution in [0.2, 0.25) is 0 Å². The van der Waals surface area contributed by atoms with Crippen molar-refractivity contribution in [2.75, 3.05) is 45.1 Å². The molecular formula is C25H35N7O3. The predicted octanol–water partition coefficient (Wildman–Crippen LogP) is 1.72. The normalized spacial score (nSPS) is 14.5. The van der Waals surface area contributed by atoms with Crippen molar-refractivity contribution in [1.29, 1.82) is 0 Å². The van der Waals surface area contributed by atoms with Gasteiger partial charge < -0.3 is 26.2 Å². The van der Waals surface area contributed by atoms with E-state index in [2.05, 4.69) is 29.0 Å². The summed E-state index contributed by atoms with van der Waals surface area (Å²) < 4.78 is 0. The maximum Gasteiger partial charge on any atom is 0.291 e. The van der Waals surface area contributed by atoms with Crippen LogP contribution in [0.1, 0.15) is 30.6 Å². The number of amides is 3. The Morgan fingerprint density at radius 2 is 1.77 bits per heavy atom. The third kappa shape index (κ3) is 6.72. The summed E-state index contributed by atoms with van der Waals surface area (Å²) in [7, 11) is 1.57. The summed E-state index contributed by atoms with van der Waals surface area (Å²) >= 11 is 0. The average Bonchev–Trinajstić information content (AvgIpc) is 2.88. The summed E-state index contributed by atoms with van der Waals surface area (Å²) in [4.78, 5) is 42.4. The second kappa shape index (κ2) is 13.0. The molecule has 188 valence electrons. The van der Waals surface area contributed by atoms with Gasteiger partial charge in [0, 0.05) is 52.2 Å². The summed E-state index contributed by atoms with van der Waals surface area (Å²) in [5.74, 6) is -0.981. The minimum Gasteiger partial charge on any atom is -0.394 e. The summed E-state index contributed by atoms with van der Waals surface area (Å²) in [6.07, 6.45) is 3.46. The van der Waals surface area contributed by atoms with Gasteiger partial charge in [0.15, 0.2) is 0 Å². The zero-order chi connectivity index (χ0) is 26.0. The number of carbonyl (C=O) groups excluding carboxylic acids is 3. The molecule has 0 atom stereocenters. The molecule has 0 radical (unpaired) electrons. The smallest absolute Gasteiger partial charge is 0.291 e. The fourth-order valence-electron chi connectivity index (χ4n) is 3.74. The van der Waals surface area contributed by atoms with Crippen LogP contribution in [-0.2, 0) is 9.59 Å². The molecule has 0 bridgehead atoms. The number of para-hydroxylation sites is 1. The van der Waals surface area contributed by atoms with Gasteiger partial charge in [-0.3, -0.25) is 14.4 Å². The van der Waals surface area contributed by atoms with Crippen molar-refractivity contribution in [3.05, 3.63) is 65.7 Å². The number of piperazine rings is 1. The lowest BCUT2D eigenvalue weighted by molar-refractivity contribution is -0.127. The van der Waals surface area contributed by atoms with Crippen molar-refractivity contribution in [3.63, 3.8) is 0 Å². The average molecular weight is 482 g/mol. The summed E-state index contributed by atoms with van der Waals surface area (Å²) in [5, 5.41) is 10.9. The number of carbonyl (C=O) groups is 3. The molecule has 1 aliphatic rings. The second-order valence-electron chi connectivity index (χ2n) is 7.82. The van der Waals surface area contributed by atoms with E-state index in [1.54, 1.807) is 36.2 Å². The minimum absolute atomic E-state index is 0.00810. The number of benzene rings is 1. The van der Waals surface area contributed by atoms with E-state index in [0.717, 1.165) is 5.70 Å². The van der Waals surface area contributed by atoms with Gasteiger partial charge in [0.05, 0.1) is 16.9 Å². The van der Waals surface area contributed by atoms with Crippen molar-refractivity contribution < 1.29 is 14.4 Å². The van der Waals surface area contributed by atoms with E-state index < -0.39 is 5.91 Å². The van der Waals surface area contributed by atoms with Crippen LogP contribution in [0.5, 0.6) is 0 Å². The molecule has 1 saturated heterocycles. The summed E-state index contributed by atoms with van der Waals surface area (Å²) in [6, 6.07) is 6.79. The Hall–Kier alpha value is -4.08. The van der Waals surface area contributed by atoms with Gasteiger partial charge in [-0.2, -0.15) is 5.10 Å². The molecule has 0 saturated carbocycles. The number of hydrazone groups is 1. The quantitative estimate of drug-likeness (QED) is 0.202. The van der Waals surface area contributed by atoms with Gasteiger partial charge in [-0.15, -0.1) is 0 Å². The lowest BCUT2D eigenvalue weighted by Crippen LogP contribution is -2.50. The van der Waals surface area contributed by atoms with E-state index in [1.807, 2.05) is 18.7 Å². The number of rotatable bonds is 10. The number of nitrogens with two attached hydrogens (primary N) is 1. The largest absolute Gasteiger partial charge is 0.394 e. The van der Waals surface area contributed by atoms with Gasteiger partial charge in [-0.05, 0) is 31.6 Å². The van der Waals surface area contributed by atoms with Gasteiger partial charge in [-0.25, -0.2) is 5.01 Å². The topological polar surface area (TPSA) is 123 Å². The number of hydrogen-bond donors (Lipinski definition) is 3. The van der Waals surface area contributed by atoms with Crippen molar-refractivity contribution >= 4 is 30.1 Å². The Kier molecular flexibility index (Phi) is 10.1. The first-order chi connectivity index (χ1) is 16.8. The summed E-state index contributed by atoms with van der Waals surface area (Å²) in [6.45, 7) is 13.4. The predicted molar refractivity (Wildman–Crippen MR) is 138 cm³/mol. The maximum absolute atomic E-state index is 13.3. The molecule has 1 aliphatic heterocycles. The Bertz CT molecular complexity index is 1020. The molecule has 1 fully saturated rings. The standard InChI is InChI=1S/C25H35N7O3/c1-6-11-19(26)23(33)29-21-13-10-9-12-18(21)24(34)32-16-14-31(15-17-32)22(20(7-2)28-8-3)25(35)30(5)27-4/h6,9-13,28H,1,4,7-8,14-17,26H2,2-3,5H3,(H,29,33)/b19-11-,22-20+. The Morgan fingerprint density at radius 3 is 2.34 bits per heavy atom. The highest BCUT2D eigenvalue weighted by atomic mass is 16.2. The van der Waals surface area contributed by atoms with Crippen LogP contribution < -0.4 is 16.4 Å². The molecule has 0 unspecified atom stereocenters. The first kappa shape index (κ1) is 27.2. The fourth-order valence-corrected chi connectivity index (χ4v) is 3.74. The summed E-state index contributed by atoms with van der Waals surface area (Å²) in [5.41, 5.74) is 7.82. The zero-order valence-corrected chi connectivity index (χ0v) is 20.7. The van der Waals surface area contributed by atoms with Crippen molar-refractivity contribution in [3.8, 4) is 0 Å². The van der Waals surface area contributed by atoms with Crippen LogP contribution in [-0.4, -0.2) is 79.0 Å². The van der Waals surface area contributed by atoms with Gasteiger partial charge in [0.2, 0.25) is 0 Å². The molecule has 1 heterocycles. The second-order valence-corrected chi connectivity index (χ2v) is 7.82. The number of allylic oxidation sites excluding steroid dienone is 3. The van der Waals surface area contributed by atoms with E-state index in [1.165, 1.54) is 17.2 Å². The van der Waals surface area contributed by atoms with Crippen LogP contribution in [0, 0.1) is 0 Å². The van der Waals surface area contributed by atoms with Gasteiger partial charge in [-0.1, -0.05) is 31.7 Å². The van der Waals surface area contributed by atoms with Gasteiger partial charge >= 0.3 is 0 Å². The van der Waals surface area contributed by atoms with E-state index in [4.69, 9.17) is 5.73 Å². The molecule has 1 aromatic carbocycles. The van der Waals surface area contributed by atoms with Crippen molar-refractivity contribution in [2.45, 2.75) is 20.3 Å². The number of nitrogens with one attached hydrogen (secondary N) is 2. The van der Waals surface area contributed by atoms with E-state index in [0.29, 0.717) is 56.1 Å². The lowest BCUT2D eigenvalue weighted by atomic mass is 10.1. The van der Waals surface area contributed by atoms with Gasteiger partial charge in [0.1, 0.15) is 5.70 Å². The molecule has 3 amide bonds. The fraction of sp³-hybridized carbons (Fsp3) is 0.360. The number of hydrogen-bond acceptors (Lipinski definition) is 7. The first-order valence-electron chi connectivity index (χ1n) is 11.5. The Morgan fingerprint density at radius 1 is 1.14 bits per heavy atom. The van der Waals surface area contributed by atoms with E-state index in [9.17, 15) is 14.4 Å². The first-order valence-corrected chi connectivity index (χ1v) is 11.5. The molecule has 35 heavy (non-hydrogen) atoms. The number of nitrogens with zero attached hydrogens (tertiary/aromatic N) is 4. The van der Waals surface area contributed by atoms with E-state index >= 15 is 0 Å². The highest BCUT2D eigenvalue weighted by Gasteiger charge is 2.30. The van der Waals surface area contributed by atoms with Crippen molar-refractivity contribution in [2.24, 2.45) is 10.8 Å². The zero-order valence-electron chi connectivity index (χ0n) is 20.7. The molecule has 0 spiro atoms. The van der Waals surface area contributed by atoms with Crippen LogP contribution in [0.25, 0.3) is 0 Å². The molecule has 0 aliphatic carbocycles. The van der Waals surface area contributed by atoms with Crippen LogP contribution in [0.4, 0.5) is 5.69 Å². The van der Waals surface area contributed by atoms with Crippen LogP contribution >= 0.6 is 0 Å². The molecule has 2 rings (SSSR count). The van der Waals surface area contributed by atoms with E-state index in [-0.39, 0.29) is 17.5 Å². The van der Waals surface area contributed by atoms with Crippen LogP contribution in [0.15, 0.2) is 65.2 Å². The Labute approximate surface area is 206 Å². The minimum atomic E-state index is -0.515. The maximum atomic E-state index is 13.3. The van der Waals surface area contributed by atoms with Crippen molar-refractivity contribution in [1.82, 2.24) is 20.1 Å².